The molecular weight excluding hydrogens is 340 g/mol. The monoisotopic (exact) mass is 352 g/mol. The number of benzene rings is 1. The number of carbonyl (C=O) groups is 2. The molecular formula is C10H12N2O6S3. The number of methoxy groups -OCH3 is 2. The molecule has 2 N–H and O–H groups in total. The summed E-state index contributed by atoms with van der Waals surface area (Å²) in [6, 6.07) is 5.29. The van der Waals surface area contributed by atoms with E-state index in [-0.39, 0.29) is 28.8 Å². The molecule has 0 atom stereocenters. The van der Waals surface area contributed by atoms with Crippen LogP contribution in [-0.4, -0.2) is 36.4 Å². The molecule has 1 aromatic rings. The van der Waals surface area contributed by atoms with Crippen molar-refractivity contribution in [2.45, 2.75) is 4.90 Å². The summed E-state index contributed by atoms with van der Waals surface area (Å²) in [5, 5.41) is -1.80. The van der Waals surface area contributed by atoms with Gasteiger partial charge in [-0.25, -0.2) is 18.0 Å². The lowest BCUT2D eigenvalue weighted by molar-refractivity contribution is 0.200. The van der Waals surface area contributed by atoms with Crippen LogP contribution in [0.3, 0.4) is 0 Å². The first-order valence-electron chi connectivity index (χ1n) is 5.24. The summed E-state index contributed by atoms with van der Waals surface area (Å²) in [5.41, 5.74) is 5.86. The lowest BCUT2D eigenvalue weighted by atomic mass is 10.3. The third-order valence-electron chi connectivity index (χ3n) is 2.01. The number of hydrogen-bond donors (Lipinski definition) is 1. The first kappa shape index (κ1) is 17.6. The molecule has 0 aliphatic carbocycles. The van der Waals surface area contributed by atoms with Crippen molar-refractivity contribution < 1.29 is 27.5 Å². The Hall–Kier alpha value is -1.43. The molecule has 8 nitrogen and oxygen atoms in total. The molecule has 1 rings (SSSR count). The quantitative estimate of drug-likeness (QED) is 0.494. The van der Waals surface area contributed by atoms with E-state index in [9.17, 15) is 18.0 Å². The zero-order valence-electron chi connectivity index (χ0n) is 11.0. The Balaban J connectivity index is 3.12. The summed E-state index contributed by atoms with van der Waals surface area (Å²) in [6.45, 7) is 0. The van der Waals surface area contributed by atoms with E-state index in [0.29, 0.717) is 8.80 Å². The van der Waals surface area contributed by atoms with Crippen LogP contribution in [0.2, 0.25) is 0 Å². The third kappa shape index (κ3) is 4.81. The topological polar surface area (TPSA) is 116 Å². The number of nitrogens with two attached hydrogens (primary N) is 1. The van der Waals surface area contributed by atoms with Crippen molar-refractivity contribution in [2.75, 3.05) is 20.0 Å². The largest absolute Gasteiger partial charge is 0.460 e. The van der Waals surface area contributed by atoms with E-state index in [1.165, 1.54) is 24.3 Å². The Labute approximate surface area is 130 Å². The molecule has 0 aromatic heterocycles. The van der Waals surface area contributed by atoms with E-state index in [1.807, 2.05) is 0 Å². The van der Waals surface area contributed by atoms with E-state index >= 15 is 0 Å². The maximum absolute atomic E-state index is 12.4. The minimum absolute atomic E-state index is 0.135. The van der Waals surface area contributed by atoms with Crippen molar-refractivity contribution in [3.8, 4) is 0 Å². The molecule has 0 unspecified atom stereocenters. The van der Waals surface area contributed by atoms with Gasteiger partial charge < -0.3 is 15.2 Å². The zero-order valence-corrected chi connectivity index (χ0v) is 13.5. The lowest BCUT2D eigenvalue weighted by Gasteiger charge is -2.16. The van der Waals surface area contributed by atoms with Gasteiger partial charge in [-0.2, -0.15) is 0 Å². The van der Waals surface area contributed by atoms with Crippen molar-refractivity contribution in [3.63, 3.8) is 0 Å². The molecule has 0 saturated carbocycles. The second kappa shape index (κ2) is 7.54. The number of rotatable bonds is 4. The van der Waals surface area contributed by atoms with Crippen molar-refractivity contribution in [3.05, 3.63) is 24.3 Å². The summed E-state index contributed by atoms with van der Waals surface area (Å²) >= 11 is 0.419. The molecule has 0 aliphatic heterocycles. The van der Waals surface area contributed by atoms with E-state index in [1.54, 1.807) is 0 Å². The van der Waals surface area contributed by atoms with Crippen LogP contribution in [0.4, 0.5) is 15.3 Å². The minimum Gasteiger partial charge on any atom is -0.460 e. The van der Waals surface area contributed by atoms with Crippen molar-refractivity contribution >= 4 is 50.2 Å². The van der Waals surface area contributed by atoms with Crippen molar-refractivity contribution in [1.82, 2.24) is 3.12 Å². The molecule has 11 heteroatoms. The second-order valence-corrected chi connectivity index (χ2v) is 7.60. The zero-order chi connectivity index (χ0) is 16.0. The summed E-state index contributed by atoms with van der Waals surface area (Å²) < 4.78 is 34.0. The van der Waals surface area contributed by atoms with Gasteiger partial charge in [0, 0.05) is 5.69 Å². The van der Waals surface area contributed by atoms with E-state index < -0.39 is 20.6 Å². The Morgan fingerprint density at radius 2 is 1.48 bits per heavy atom. The molecule has 1 aromatic carbocycles. The molecule has 0 saturated heterocycles. The molecule has 0 fully saturated rings. The number of ether oxygens (including phenoxy) is 2. The molecule has 0 spiro atoms. The molecule has 116 valence electrons. The van der Waals surface area contributed by atoms with Crippen LogP contribution in [-0.2, 0) is 19.5 Å². The molecule has 0 heterocycles. The predicted molar refractivity (Wildman–Crippen MR) is 79.9 cm³/mol. The van der Waals surface area contributed by atoms with Crippen LogP contribution >= 0.6 is 23.9 Å². The first-order valence-corrected chi connectivity index (χ1v) is 8.22. The Bertz CT molecular complexity index is 598. The third-order valence-corrected chi connectivity index (χ3v) is 6.27. The number of nitrogens with zero attached hydrogens (tertiary/aromatic N) is 1. The van der Waals surface area contributed by atoms with Crippen LogP contribution < -0.4 is 5.73 Å². The van der Waals surface area contributed by atoms with Crippen molar-refractivity contribution in [1.29, 1.82) is 0 Å². The van der Waals surface area contributed by atoms with Crippen LogP contribution in [0.25, 0.3) is 0 Å². The maximum atomic E-state index is 12.4. The van der Waals surface area contributed by atoms with Gasteiger partial charge in [0.05, 0.1) is 43.0 Å². The highest BCUT2D eigenvalue weighted by Crippen LogP contribution is 2.33. The Morgan fingerprint density at radius 3 is 1.86 bits per heavy atom. The first-order chi connectivity index (χ1) is 9.81. The number of anilines is 1. The fourth-order valence-electron chi connectivity index (χ4n) is 1.04. The molecule has 21 heavy (non-hydrogen) atoms. The number of sulfonamides is 1. The van der Waals surface area contributed by atoms with Gasteiger partial charge in [0.25, 0.3) is 10.0 Å². The molecule has 0 bridgehead atoms. The van der Waals surface area contributed by atoms with Gasteiger partial charge in [-0.3, -0.25) is 0 Å². The van der Waals surface area contributed by atoms with Gasteiger partial charge in [-0.15, -0.1) is 0 Å². The number of nitrogen functional groups attached to an aromatic ring is 1. The highest BCUT2D eigenvalue weighted by Gasteiger charge is 2.32. The van der Waals surface area contributed by atoms with E-state index in [2.05, 4.69) is 9.47 Å². The summed E-state index contributed by atoms with van der Waals surface area (Å²) in [7, 11) is -1.95. The second-order valence-electron chi connectivity index (χ2n) is 3.36. The van der Waals surface area contributed by atoms with Crippen LogP contribution in [0.1, 0.15) is 0 Å². The van der Waals surface area contributed by atoms with Gasteiger partial charge in [0.15, 0.2) is 0 Å². The van der Waals surface area contributed by atoms with Crippen LogP contribution in [0, 0.1) is 0 Å². The van der Waals surface area contributed by atoms with Gasteiger partial charge in [0.1, 0.15) is 0 Å². The van der Waals surface area contributed by atoms with Gasteiger partial charge in [0.2, 0.25) is 0 Å². The van der Waals surface area contributed by atoms with E-state index in [4.69, 9.17) is 5.73 Å². The number of hydrogen-bond acceptors (Lipinski definition) is 9. The minimum atomic E-state index is -4.13. The van der Waals surface area contributed by atoms with E-state index in [0.717, 1.165) is 14.2 Å². The molecule has 0 aliphatic rings. The lowest BCUT2D eigenvalue weighted by Crippen LogP contribution is -2.22. The molecule has 0 amide bonds. The SMILES string of the molecule is COC(=O)SN(SC(=O)OC)S(=O)(=O)c1ccc(N)cc1. The average Bonchev–Trinajstić information content (AvgIpc) is 2.46. The Kier molecular flexibility index (Phi) is 6.33. The Morgan fingerprint density at radius 1 is 1.05 bits per heavy atom. The summed E-state index contributed by atoms with van der Waals surface area (Å²) in [6.07, 6.45) is 0. The highest BCUT2D eigenvalue weighted by atomic mass is 32.3. The van der Waals surface area contributed by atoms with Crippen LogP contribution in [0.5, 0.6) is 0 Å². The maximum Gasteiger partial charge on any atom is 0.384 e. The fraction of sp³-hybridized carbons (Fsp3) is 0.200. The smallest absolute Gasteiger partial charge is 0.384 e. The average molecular weight is 352 g/mol. The number of carbonyl (C=O) groups excluding carboxylic acids is 2. The fourth-order valence-corrected chi connectivity index (χ4v) is 4.26. The highest BCUT2D eigenvalue weighted by molar-refractivity contribution is 8.32. The van der Waals surface area contributed by atoms with Gasteiger partial charge >= 0.3 is 10.6 Å². The van der Waals surface area contributed by atoms with Crippen LogP contribution in [0.15, 0.2) is 29.2 Å². The normalized spacial score (nSPS) is 11.2. The van der Waals surface area contributed by atoms with Gasteiger partial charge in [-0.1, -0.05) is 3.12 Å². The summed E-state index contributed by atoms with van der Waals surface area (Å²) in [4.78, 5) is 22.4. The standard InChI is InChI=1S/C10H12N2O6S3/c1-17-9(13)19-12(20-10(14)18-2)21(15,16)8-5-3-7(11)4-6-8/h3-6H,11H2,1-2H3. The van der Waals surface area contributed by atoms with Crippen molar-refractivity contribution in [2.24, 2.45) is 0 Å². The predicted octanol–water partition coefficient (Wildman–Crippen LogP) is 2.09. The summed E-state index contributed by atoms with van der Waals surface area (Å²) in [5.74, 6) is 0. The molecule has 0 radical (unpaired) electrons. The van der Waals surface area contributed by atoms with Gasteiger partial charge in [-0.05, 0) is 24.3 Å².